The number of ether oxygens (including phenoxy) is 1. The van der Waals surface area contributed by atoms with Crippen LogP contribution in [0.1, 0.15) is 44.6 Å². The van der Waals surface area contributed by atoms with Gasteiger partial charge in [0.15, 0.2) is 11.6 Å². The summed E-state index contributed by atoms with van der Waals surface area (Å²) < 4.78 is 19.6. The second kappa shape index (κ2) is 7.31. The summed E-state index contributed by atoms with van der Waals surface area (Å²) in [5, 5.41) is 8.70. The Balaban J connectivity index is 2.06. The van der Waals surface area contributed by atoms with E-state index in [1.54, 1.807) is 12.1 Å². The lowest BCUT2D eigenvalue weighted by atomic mass is 9.89. The van der Waals surface area contributed by atoms with Gasteiger partial charge >= 0.3 is 0 Å². The van der Waals surface area contributed by atoms with E-state index in [1.807, 2.05) is 0 Å². The number of benzene rings is 1. The molecule has 0 amide bonds. The molecule has 0 radical (unpaired) electrons. The van der Waals surface area contributed by atoms with Crippen LogP contribution in [0.15, 0.2) is 18.2 Å². The summed E-state index contributed by atoms with van der Waals surface area (Å²) >= 11 is 0. The minimum atomic E-state index is -0.337. The Morgan fingerprint density at radius 3 is 3.00 bits per heavy atom. The highest BCUT2D eigenvalue weighted by Crippen LogP contribution is 2.29. The first-order valence-corrected chi connectivity index (χ1v) is 7.25. The number of rotatable bonds is 3. The molecule has 1 N–H and O–H groups in total. The van der Waals surface area contributed by atoms with Gasteiger partial charge in [0.25, 0.3) is 0 Å². The van der Waals surface area contributed by atoms with Crippen molar-refractivity contribution in [2.45, 2.75) is 45.1 Å². The van der Waals surface area contributed by atoms with Crippen molar-refractivity contribution in [1.29, 1.82) is 0 Å². The lowest BCUT2D eigenvalue weighted by Gasteiger charge is -2.27. The second-order valence-corrected chi connectivity index (χ2v) is 5.43. The highest BCUT2D eigenvalue weighted by molar-refractivity contribution is 5.40. The van der Waals surface area contributed by atoms with E-state index in [1.165, 1.54) is 12.5 Å². The Labute approximate surface area is 120 Å². The van der Waals surface area contributed by atoms with Crippen LogP contribution >= 0.6 is 0 Å². The smallest absolute Gasteiger partial charge is 0.165 e. The number of aliphatic hydroxyl groups is 1. The molecule has 2 nitrogen and oxygen atoms in total. The van der Waals surface area contributed by atoms with Crippen molar-refractivity contribution in [2.75, 3.05) is 6.61 Å². The van der Waals surface area contributed by atoms with E-state index in [2.05, 4.69) is 18.8 Å². The van der Waals surface area contributed by atoms with Gasteiger partial charge < -0.3 is 9.84 Å². The Morgan fingerprint density at radius 2 is 2.25 bits per heavy atom. The molecule has 1 aliphatic carbocycles. The lowest BCUT2D eigenvalue weighted by Crippen LogP contribution is -2.24. The molecule has 0 aliphatic heterocycles. The third-order valence-electron chi connectivity index (χ3n) is 3.58. The third-order valence-corrected chi connectivity index (χ3v) is 3.58. The molecular weight excluding hydrogens is 255 g/mol. The zero-order valence-electron chi connectivity index (χ0n) is 11.9. The van der Waals surface area contributed by atoms with Gasteiger partial charge in [0.1, 0.15) is 0 Å². The topological polar surface area (TPSA) is 29.5 Å². The molecule has 2 rings (SSSR count). The predicted octanol–water partition coefficient (Wildman–Crippen LogP) is 3.52. The SMILES string of the molecule is CC1CCCC(Oc2cc(C#CCCO)ccc2F)C1. The van der Waals surface area contributed by atoms with Crippen LogP contribution < -0.4 is 4.74 Å². The molecule has 2 unspecified atom stereocenters. The van der Waals surface area contributed by atoms with Crippen LogP contribution in [0.25, 0.3) is 0 Å². The number of aliphatic hydroxyl groups excluding tert-OH is 1. The first-order chi connectivity index (χ1) is 9.69. The van der Waals surface area contributed by atoms with Crippen LogP contribution in [0, 0.1) is 23.6 Å². The molecule has 1 aromatic rings. The maximum atomic E-state index is 13.8. The van der Waals surface area contributed by atoms with Crippen molar-refractivity contribution in [3.8, 4) is 17.6 Å². The van der Waals surface area contributed by atoms with E-state index in [-0.39, 0.29) is 18.5 Å². The molecule has 0 heterocycles. The fourth-order valence-electron chi connectivity index (χ4n) is 2.56. The highest BCUT2D eigenvalue weighted by atomic mass is 19.1. The van der Waals surface area contributed by atoms with E-state index >= 15 is 0 Å². The zero-order chi connectivity index (χ0) is 14.4. The molecule has 108 valence electrons. The minimum Gasteiger partial charge on any atom is -0.487 e. The van der Waals surface area contributed by atoms with E-state index in [9.17, 15) is 4.39 Å². The molecule has 3 heteroatoms. The predicted molar refractivity (Wildman–Crippen MR) is 77.0 cm³/mol. The van der Waals surface area contributed by atoms with Crippen molar-refractivity contribution in [1.82, 2.24) is 0 Å². The van der Waals surface area contributed by atoms with Gasteiger partial charge in [0.2, 0.25) is 0 Å². The van der Waals surface area contributed by atoms with Gasteiger partial charge in [-0.3, -0.25) is 0 Å². The normalized spacial score (nSPS) is 21.9. The largest absolute Gasteiger partial charge is 0.487 e. The number of hydrogen-bond acceptors (Lipinski definition) is 2. The fourth-order valence-corrected chi connectivity index (χ4v) is 2.56. The Kier molecular flexibility index (Phi) is 5.43. The summed E-state index contributed by atoms with van der Waals surface area (Å²) in [6, 6.07) is 4.68. The molecule has 0 bridgehead atoms. The summed E-state index contributed by atoms with van der Waals surface area (Å²) in [4.78, 5) is 0. The van der Waals surface area contributed by atoms with Gasteiger partial charge in [0, 0.05) is 12.0 Å². The van der Waals surface area contributed by atoms with E-state index in [4.69, 9.17) is 9.84 Å². The van der Waals surface area contributed by atoms with Crippen molar-refractivity contribution in [2.24, 2.45) is 5.92 Å². The number of halogens is 1. The zero-order valence-corrected chi connectivity index (χ0v) is 11.9. The average molecular weight is 276 g/mol. The highest BCUT2D eigenvalue weighted by Gasteiger charge is 2.21. The molecule has 1 aromatic carbocycles. The summed E-state index contributed by atoms with van der Waals surface area (Å²) in [6.45, 7) is 2.25. The van der Waals surface area contributed by atoms with Crippen LogP contribution in [0.4, 0.5) is 4.39 Å². The summed E-state index contributed by atoms with van der Waals surface area (Å²) in [6.07, 6.45) is 4.88. The van der Waals surface area contributed by atoms with Gasteiger partial charge in [0.05, 0.1) is 12.7 Å². The number of hydrogen-bond donors (Lipinski definition) is 1. The Morgan fingerprint density at radius 1 is 1.40 bits per heavy atom. The molecule has 2 atom stereocenters. The first kappa shape index (κ1) is 14.9. The lowest BCUT2D eigenvalue weighted by molar-refractivity contribution is 0.124. The van der Waals surface area contributed by atoms with Crippen LogP contribution in [0.2, 0.25) is 0 Å². The van der Waals surface area contributed by atoms with Gasteiger partial charge in [-0.25, -0.2) is 4.39 Å². The molecule has 0 spiro atoms. The van der Waals surface area contributed by atoms with Crippen LogP contribution in [-0.2, 0) is 0 Å². The summed E-state index contributed by atoms with van der Waals surface area (Å²) in [5.41, 5.74) is 0.721. The summed E-state index contributed by atoms with van der Waals surface area (Å²) in [7, 11) is 0. The third kappa shape index (κ3) is 4.25. The van der Waals surface area contributed by atoms with Crippen molar-refractivity contribution in [3.63, 3.8) is 0 Å². The Hall–Kier alpha value is -1.53. The Bertz CT molecular complexity index is 501. The van der Waals surface area contributed by atoms with Crippen molar-refractivity contribution in [3.05, 3.63) is 29.6 Å². The van der Waals surface area contributed by atoms with Gasteiger partial charge in [-0.1, -0.05) is 25.2 Å². The van der Waals surface area contributed by atoms with E-state index in [0.29, 0.717) is 18.1 Å². The van der Waals surface area contributed by atoms with Crippen molar-refractivity contribution >= 4 is 0 Å². The molecule has 1 saturated carbocycles. The van der Waals surface area contributed by atoms with Crippen molar-refractivity contribution < 1.29 is 14.2 Å². The van der Waals surface area contributed by atoms with Crippen LogP contribution in [-0.4, -0.2) is 17.8 Å². The van der Waals surface area contributed by atoms with Gasteiger partial charge in [-0.05, 0) is 43.4 Å². The van der Waals surface area contributed by atoms with E-state index in [0.717, 1.165) is 24.8 Å². The fraction of sp³-hybridized carbons (Fsp3) is 0.529. The molecule has 0 aromatic heterocycles. The molecule has 0 saturated heterocycles. The first-order valence-electron chi connectivity index (χ1n) is 7.25. The van der Waals surface area contributed by atoms with Gasteiger partial charge in [-0.2, -0.15) is 0 Å². The average Bonchev–Trinajstić information content (AvgIpc) is 2.43. The summed E-state index contributed by atoms with van der Waals surface area (Å²) in [5.74, 6) is 6.33. The molecule has 20 heavy (non-hydrogen) atoms. The maximum absolute atomic E-state index is 13.8. The van der Waals surface area contributed by atoms with E-state index < -0.39 is 0 Å². The van der Waals surface area contributed by atoms with Crippen LogP contribution in [0.5, 0.6) is 5.75 Å². The quantitative estimate of drug-likeness (QED) is 0.856. The molecular formula is C17H21FO2. The molecule has 1 aliphatic rings. The van der Waals surface area contributed by atoms with Crippen LogP contribution in [0.3, 0.4) is 0 Å². The minimum absolute atomic E-state index is 0.0392. The standard InChI is InChI=1S/C17H21FO2/c1-13-5-4-7-15(11-13)20-17-12-14(6-2-3-10-19)8-9-16(17)18/h8-9,12-13,15,19H,3-5,7,10-11H2,1H3. The second-order valence-electron chi connectivity index (χ2n) is 5.43. The van der Waals surface area contributed by atoms with Gasteiger partial charge in [-0.15, -0.1) is 0 Å². The monoisotopic (exact) mass is 276 g/mol. The molecule has 1 fully saturated rings. The maximum Gasteiger partial charge on any atom is 0.165 e.